The molecule has 2 heterocycles. The Balaban J connectivity index is 2.67. The highest BCUT2D eigenvalue weighted by atomic mass is 16.3. The Morgan fingerprint density at radius 3 is 3.36 bits per heavy atom. The minimum Gasteiger partial charge on any atom is -0.432 e. The molecule has 0 saturated carbocycles. The highest BCUT2D eigenvalue weighted by Gasteiger charge is 2.00. The molecule has 0 aliphatic heterocycles. The van der Waals surface area contributed by atoms with Crippen molar-refractivity contribution >= 4 is 17.7 Å². The van der Waals surface area contributed by atoms with Crippen LogP contribution in [0.15, 0.2) is 28.1 Å². The summed E-state index contributed by atoms with van der Waals surface area (Å²) in [6.07, 6.45) is 6.13. The van der Waals surface area contributed by atoms with Gasteiger partial charge in [0.1, 0.15) is 6.26 Å². The molecule has 2 aromatic heterocycles. The zero-order chi connectivity index (χ0) is 7.68. The van der Waals surface area contributed by atoms with Gasteiger partial charge in [-0.05, 0) is 0 Å². The van der Waals surface area contributed by atoms with E-state index in [4.69, 9.17) is 4.42 Å². The summed E-state index contributed by atoms with van der Waals surface area (Å²) in [5.41, 5.74) is 0. The Kier molecular flexibility index (Phi) is 1.11. The van der Waals surface area contributed by atoms with Crippen molar-refractivity contribution < 1.29 is 9.21 Å². The summed E-state index contributed by atoms with van der Waals surface area (Å²) in [5.74, 6) is 0.721. The van der Waals surface area contributed by atoms with E-state index >= 15 is 0 Å². The molecule has 0 spiro atoms. The fourth-order valence-electron chi connectivity index (χ4n) is 0.816. The number of isocyanates is 1. The van der Waals surface area contributed by atoms with Crippen molar-refractivity contribution in [3.63, 3.8) is 0 Å². The van der Waals surface area contributed by atoms with Crippen LogP contribution in [0.4, 0.5) is 5.82 Å². The standard InChI is InChI=1S/C6H3N3O2/c10-4-7-5-3-9-1-2-11-6(9)8-5/h1-3H. The van der Waals surface area contributed by atoms with Gasteiger partial charge in [0, 0.05) is 6.20 Å². The molecule has 0 aliphatic carbocycles. The minimum absolute atomic E-state index is 0.305. The molecule has 0 radical (unpaired) electrons. The molecule has 0 aromatic carbocycles. The predicted molar refractivity (Wildman–Crippen MR) is 35.2 cm³/mol. The molecule has 5 nitrogen and oxygen atoms in total. The van der Waals surface area contributed by atoms with Crippen LogP contribution in [0.3, 0.4) is 0 Å². The molecule has 11 heavy (non-hydrogen) atoms. The van der Waals surface area contributed by atoms with E-state index in [0.29, 0.717) is 11.7 Å². The Hall–Kier alpha value is -1.87. The van der Waals surface area contributed by atoms with Crippen molar-refractivity contribution in [3.05, 3.63) is 18.7 Å². The van der Waals surface area contributed by atoms with Crippen LogP contribution in [-0.2, 0) is 4.79 Å². The number of fused-ring (bicyclic) bond motifs is 1. The van der Waals surface area contributed by atoms with E-state index in [0.717, 1.165) is 0 Å². The summed E-state index contributed by atoms with van der Waals surface area (Å²) in [6, 6.07) is 0. The Morgan fingerprint density at radius 1 is 1.73 bits per heavy atom. The average Bonchev–Trinajstić information content (AvgIpc) is 2.46. The quantitative estimate of drug-likeness (QED) is 0.447. The molecule has 54 valence electrons. The number of oxazole rings is 1. The Bertz CT molecular complexity index is 393. The van der Waals surface area contributed by atoms with Gasteiger partial charge >= 0.3 is 5.84 Å². The van der Waals surface area contributed by atoms with E-state index in [1.165, 1.54) is 12.3 Å². The highest BCUT2D eigenvalue weighted by Crippen LogP contribution is 2.11. The zero-order valence-corrected chi connectivity index (χ0v) is 5.39. The highest BCUT2D eigenvalue weighted by molar-refractivity contribution is 5.46. The number of aromatic nitrogens is 2. The van der Waals surface area contributed by atoms with Gasteiger partial charge in [0.25, 0.3) is 0 Å². The topological polar surface area (TPSA) is 59.9 Å². The second-order valence-electron chi connectivity index (χ2n) is 1.90. The lowest BCUT2D eigenvalue weighted by atomic mass is 10.8. The molecule has 0 bridgehead atoms. The summed E-state index contributed by atoms with van der Waals surface area (Å²) in [6.45, 7) is 0. The number of carbonyl (C=O) groups excluding carboxylic acids is 1. The predicted octanol–water partition coefficient (Wildman–Crippen LogP) is 0.895. The zero-order valence-electron chi connectivity index (χ0n) is 5.39. The minimum atomic E-state index is 0.305. The van der Waals surface area contributed by atoms with Crippen molar-refractivity contribution in [2.75, 3.05) is 0 Å². The van der Waals surface area contributed by atoms with Gasteiger partial charge in [-0.1, -0.05) is 0 Å². The molecule has 0 saturated heterocycles. The number of hydrogen-bond acceptors (Lipinski definition) is 4. The Labute approximate surface area is 61.0 Å². The van der Waals surface area contributed by atoms with E-state index in [2.05, 4.69) is 9.98 Å². The van der Waals surface area contributed by atoms with Gasteiger partial charge in [-0.25, -0.2) is 4.79 Å². The molecular weight excluding hydrogens is 146 g/mol. The van der Waals surface area contributed by atoms with Gasteiger partial charge in [-0.15, -0.1) is 4.99 Å². The summed E-state index contributed by atoms with van der Waals surface area (Å²) in [4.78, 5) is 16.9. The van der Waals surface area contributed by atoms with Crippen LogP contribution < -0.4 is 0 Å². The molecule has 2 aromatic rings. The third-order valence-electron chi connectivity index (χ3n) is 1.24. The van der Waals surface area contributed by atoms with Gasteiger partial charge in [0.2, 0.25) is 6.08 Å². The molecule has 0 aliphatic rings. The summed E-state index contributed by atoms with van der Waals surface area (Å²) >= 11 is 0. The third-order valence-corrected chi connectivity index (χ3v) is 1.24. The maximum atomic E-state index is 9.80. The Morgan fingerprint density at radius 2 is 2.64 bits per heavy atom. The number of nitrogens with zero attached hydrogens (tertiary/aromatic N) is 3. The average molecular weight is 149 g/mol. The molecule has 5 heteroatoms. The lowest BCUT2D eigenvalue weighted by molar-refractivity contribution is 0.565. The summed E-state index contributed by atoms with van der Waals surface area (Å²) in [5, 5.41) is 0. The first-order valence-corrected chi connectivity index (χ1v) is 2.90. The monoisotopic (exact) mass is 149 g/mol. The fraction of sp³-hybridized carbons (Fsp3) is 0. The van der Waals surface area contributed by atoms with E-state index in [-0.39, 0.29) is 0 Å². The van der Waals surface area contributed by atoms with Gasteiger partial charge in [-0.2, -0.15) is 4.98 Å². The lowest BCUT2D eigenvalue weighted by Crippen LogP contribution is -1.67. The normalized spacial score (nSPS) is 9.82. The molecule has 0 unspecified atom stereocenters. The van der Waals surface area contributed by atoms with E-state index < -0.39 is 0 Å². The first-order valence-electron chi connectivity index (χ1n) is 2.90. The molecular formula is C6H3N3O2. The van der Waals surface area contributed by atoms with Crippen LogP contribution in [0.1, 0.15) is 0 Å². The number of hydrogen-bond donors (Lipinski definition) is 0. The molecule has 2 rings (SSSR count). The fourth-order valence-corrected chi connectivity index (χ4v) is 0.816. The first-order chi connectivity index (χ1) is 5.40. The molecule has 0 N–H and O–H groups in total. The number of rotatable bonds is 1. The van der Waals surface area contributed by atoms with Crippen LogP contribution in [-0.4, -0.2) is 15.5 Å². The first kappa shape index (κ1) is 5.88. The van der Waals surface area contributed by atoms with Crippen molar-refractivity contribution in [2.45, 2.75) is 0 Å². The van der Waals surface area contributed by atoms with Gasteiger partial charge < -0.3 is 4.42 Å². The molecule has 0 amide bonds. The van der Waals surface area contributed by atoms with Gasteiger partial charge in [0.15, 0.2) is 5.82 Å². The maximum Gasteiger partial charge on any atom is 0.307 e. The van der Waals surface area contributed by atoms with Crippen LogP contribution in [0.5, 0.6) is 0 Å². The number of imidazole rings is 1. The molecule has 0 atom stereocenters. The molecule has 0 fully saturated rings. The largest absolute Gasteiger partial charge is 0.432 e. The van der Waals surface area contributed by atoms with Crippen molar-refractivity contribution in [2.24, 2.45) is 4.99 Å². The van der Waals surface area contributed by atoms with Crippen molar-refractivity contribution in [3.8, 4) is 0 Å². The number of aliphatic imine (C=N–C) groups is 1. The van der Waals surface area contributed by atoms with E-state index in [1.807, 2.05) is 0 Å². The van der Waals surface area contributed by atoms with Crippen LogP contribution >= 0.6 is 0 Å². The van der Waals surface area contributed by atoms with Crippen LogP contribution in [0, 0.1) is 0 Å². The van der Waals surface area contributed by atoms with Crippen LogP contribution in [0.25, 0.3) is 5.84 Å². The smallest absolute Gasteiger partial charge is 0.307 e. The van der Waals surface area contributed by atoms with Crippen molar-refractivity contribution in [1.29, 1.82) is 0 Å². The summed E-state index contributed by atoms with van der Waals surface area (Å²) < 4.78 is 6.53. The maximum absolute atomic E-state index is 9.80. The van der Waals surface area contributed by atoms with Gasteiger partial charge in [0.05, 0.1) is 6.20 Å². The third kappa shape index (κ3) is 0.835. The van der Waals surface area contributed by atoms with E-state index in [1.54, 1.807) is 16.8 Å². The SMILES string of the molecule is O=C=Nc1cn2ccoc2n1. The second-order valence-corrected chi connectivity index (χ2v) is 1.90. The van der Waals surface area contributed by atoms with Gasteiger partial charge in [-0.3, -0.25) is 4.40 Å². The van der Waals surface area contributed by atoms with Crippen molar-refractivity contribution in [1.82, 2.24) is 9.38 Å². The second kappa shape index (κ2) is 2.07. The summed E-state index contributed by atoms with van der Waals surface area (Å²) in [7, 11) is 0. The van der Waals surface area contributed by atoms with Crippen LogP contribution in [0.2, 0.25) is 0 Å². The lowest BCUT2D eigenvalue weighted by Gasteiger charge is -1.70. The van der Waals surface area contributed by atoms with E-state index in [9.17, 15) is 4.79 Å².